The summed E-state index contributed by atoms with van der Waals surface area (Å²) in [5.41, 5.74) is -3.26. The summed E-state index contributed by atoms with van der Waals surface area (Å²) in [6.07, 6.45) is -0.905. The SMILES string of the molecule is CCCCc1nn(-c2cc(NC(=O)c3ccncc3)ccc2C(F)(F)F)c(=O)n1Cc1ccc(-c2ccccc2S(=O)(=O)NC(=O)c2ccccc2F)cc1F. The van der Waals surface area contributed by atoms with Crippen LogP contribution in [0.3, 0.4) is 0 Å². The number of amides is 2. The van der Waals surface area contributed by atoms with Gasteiger partial charge in [0.1, 0.15) is 17.5 Å². The van der Waals surface area contributed by atoms with Gasteiger partial charge in [-0.3, -0.25) is 19.1 Å². The van der Waals surface area contributed by atoms with E-state index in [0.717, 1.165) is 41.0 Å². The van der Waals surface area contributed by atoms with E-state index in [0.29, 0.717) is 17.5 Å². The molecule has 2 N–H and O–H groups in total. The van der Waals surface area contributed by atoms with Crippen molar-refractivity contribution in [3.8, 4) is 16.8 Å². The fraction of sp³-hybridized carbons (Fsp3) is 0.154. The number of aromatic nitrogens is 4. The molecule has 4 aromatic carbocycles. The van der Waals surface area contributed by atoms with Crippen LogP contribution in [0.4, 0.5) is 27.6 Å². The monoisotopic (exact) mass is 790 g/mol. The first-order chi connectivity index (χ1) is 26.7. The lowest BCUT2D eigenvalue weighted by atomic mass is 10.0. The highest BCUT2D eigenvalue weighted by Gasteiger charge is 2.35. The first kappa shape index (κ1) is 39.2. The van der Waals surface area contributed by atoms with Crippen LogP contribution in [0.25, 0.3) is 16.8 Å². The van der Waals surface area contributed by atoms with Gasteiger partial charge in [0.2, 0.25) is 0 Å². The molecular formula is C39H31F5N6O5S. The van der Waals surface area contributed by atoms with Crippen LogP contribution < -0.4 is 15.7 Å². The molecule has 2 amide bonds. The van der Waals surface area contributed by atoms with E-state index in [9.17, 15) is 40.4 Å². The van der Waals surface area contributed by atoms with Crippen molar-refractivity contribution in [1.82, 2.24) is 24.1 Å². The molecule has 0 aliphatic rings. The summed E-state index contributed by atoms with van der Waals surface area (Å²) in [5.74, 6) is -3.60. The lowest BCUT2D eigenvalue weighted by Gasteiger charge is -2.14. The number of aryl methyl sites for hydroxylation is 1. The van der Waals surface area contributed by atoms with Crippen molar-refractivity contribution in [3.63, 3.8) is 0 Å². The van der Waals surface area contributed by atoms with Crippen LogP contribution >= 0.6 is 0 Å². The summed E-state index contributed by atoms with van der Waals surface area (Å²) < 4.78 is 103. The molecule has 17 heteroatoms. The molecule has 6 aromatic rings. The molecule has 0 saturated carbocycles. The third kappa shape index (κ3) is 8.42. The Labute approximate surface area is 316 Å². The number of unbranched alkanes of at least 4 members (excludes halogenated alkanes) is 1. The minimum Gasteiger partial charge on any atom is -0.322 e. The molecule has 288 valence electrons. The Morgan fingerprint density at radius 2 is 1.55 bits per heavy atom. The molecule has 0 aliphatic carbocycles. The zero-order valence-electron chi connectivity index (χ0n) is 29.3. The lowest BCUT2D eigenvalue weighted by Crippen LogP contribution is -2.31. The molecule has 56 heavy (non-hydrogen) atoms. The van der Waals surface area contributed by atoms with Gasteiger partial charge >= 0.3 is 11.9 Å². The number of carbonyl (C=O) groups excluding carboxylic acids is 2. The summed E-state index contributed by atoms with van der Waals surface area (Å²) in [6.45, 7) is 1.40. The summed E-state index contributed by atoms with van der Waals surface area (Å²) in [6, 6.07) is 19.5. The molecule has 6 rings (SSSR count). The van der Waals surface area contributed by atoms with Crippen LogP contribution in [0.2, 0.25) is 0 Å². The Bertz CT molecular complexity index is 2610. The number of pyridine rings is 1. The maximum atomic E-state index is 15.9. The van der Waals surface area contributed by atoms with Gasteiger partial charge in [-0.05, 0) is 66.6 Å². The van der Waals surface area contributed by atoms with Crippen LogP contribution in [-0.2, 0) is 29.2 Å². The average Bonchev–Trinajstić information content (AvgIpc) is 3.48. The predicted molar refractivity (Wildman–Crippen MR) is 196 cm³/mol. The maximum Gasteiger partial charge on any atom is 0.418 e. The van der Waals surface area contributed by atoms with Gasteiger partial charge in [0.25, 0.3) is 21.8 Å². The molecule has 0 fully saturated rings. The van der Waals surface area contributed by atoms with Crippen molar-refractivity contribution in [1.29, 1.82) is 0 Å². The van der Waals surface area contributed by atoms with Crippen LogP contribution in [0.1, 0.15) is 57.4 Å². The van der Waals surface area contributed by atoms with Gasteiger partial charge in [-0.15, -0.1) is 5.10 Å². The zero-order chi connectivity index (χ0) is 40.2. The second-order valence-electron chi connectivity index (χ2n) is 12.4. The van der Waals surface area contributed by atoms with E-state index >= 15 is 4.39 Å². The number of nitrogens with zero attached hydrogens (tertiary/aromatic N) is 4. The van der Waals surface area contributed by atoms with Gasteiger partial charge in [-0.1, -0.05) is 55.8 Å². The smallest absolute Gasteiger partial charge is 0.322 e. The van der Waals surface area contributed by atoms with Gasteiger partial charge in [0, 0.05) is 41.2 Å². The van der Waals surface area contributed by atoms with E-state index in [1.165, 1.54) is 73.1 Å². The third-order valence-electron chi connectivity index (χ3n) is 8.64. The Kier molecular flexibility index (Phi) is 11.3. The number of hydrogen-bond donors (Lipinski definition) is 2. The minimum absolute atomic E-state index is 0.00371. The number of sulfonamides is 1. The molecule has 2 aromatic heterocycles. The van der Waals surface area contributed by atoms with E-state index in [1.54, 1.807) is 0 Å². The summed E-state index contributed by atoms with van der Waals surface area (Å²) >= 11 is 0. The van der Waals surface area contributed by atoms with Gasteiger partial charge in [0.05, 0.1) is 28.3 Å². The number of alkyl halides is 3. The average molecular weight is 791 g/mol. The number of rotatable bonds is 12. The number of nitrogens with one attached hydrogen (secondary N) is 2. The molecule has 0 spiro atoms. The number of hydrogen-bond acceptors (Lipinski definition) is 7. The number of carbonyl (C=O) groups is 2. The summed E-state index contributed by atoms with van der Waals surface area (Å²) in [4.78, 5) is 42.8. The number of halogens is 5. The van der Waals surface area contributed by atoms with Crippen LogP contribution in [-0.4, -0.2) is 39.6 Å². The fourth-order valence-corrected chi connectivity index (χ4v) is 7.03. The van der Waals surface area contributed by atoms with Crippen molar-refractivity contribution < 1.29 is 40.0 Å². The summed E-state index contributed by atoms with van der Waals surface area (Å²) in [5, 5.41) is 6.76. The second kappa shape index (κ2) is 16.1. The van der Waals surface area contributed by atoms with Gasteiger partial charge in [-0.25, -0.2) is 26.7 Å². The first-order valence-corrected chi connectivity index (χ1v) is 18.5. The van der Waals surface area contributed by atoms with E-state index in [4.69, 9.17) is 0 Å². The fourth-order valence-electron chi connectivity index (χ4n) is 5.83. The normalized spacial score (nSPS) is 11.7. The van der Waals surface area contributed by atoms with Crippen molar-refractivity contribution >= 4 is 27.5 Å². The number of benzene rings is 4. The second-order valence-corrected chi connectivity index (χ2v) is 14.1. The Hall–Kier alpha value is -6.49. The molecule has 0 radical (unpaired) electrons. The lowest BCUT2D eigenvalue weighted by molar-refractivity contribution is -0.137. The van der Waals surface area contributed by atoms with Crippen molar-refractivity contribution in [2.75, 3.05) is 5.32 Å². The van der Waals surface area contributed by atoms with Crippen LogP contribution in [0.5, 0.6) is 0 Å². The van der Waals surface area contributed by atoms with Gasteiger partial charge in [0.15, 0.2) is 0 Å². The molecule has 0 saturated heterocycles. The highest BCUT2D eigenvalue weighted by molar-refractivity contribution is 7.90. The van der Waals surface area contributed by atoms with E-state index in [1.807, 2.05) is 11.6 Å². The van der Waals surface area contributed by atoms with Crippen molar-refractivity contribution in [2.24, 2.45) is 0 Å². The largest absolute Gasteiger partial charge is 0.418 e. The topological polar surface area (TPSA) is 145 Å². The van der Waals surface area contributed by atoms with Crippen molar-refractivity contribution in [2.45, 2.75) is 43.8 Å². The molecule has 0 aliphatic heterocycles. The molecule has 0 unspecified atom stereocenters. The zero-order valence-corrected chi connectivity index (χ0v) is 30.2. The maximum absolute atomic E-state index is 15.9. The summed E-state index contributed by atoms with van der Waals surface area (Å²) in [7, 11) is -4.61. The van der Waals surface area contributed by atoms with Crippen molar-refractivity contribution in [3.05, 3.63) is 160 Å². The first-order valence-electron chi connectivity index (χ1n) is 17.0. The Morgan fingerprint density at radius 3 is 2.25 bits per heavy atom. The quantitative estimate of drug-likeness (QED) is 0.125. The van der Waals surface area contributed by atoms with E-state index in [-0.39, 0.29) is 40.2 Å². The highest BCUT2D eigenvalue weighted by atomic mass is 32.2. The predicted octanol–water partition coefficient (Wildman–Crippen LogP) is 7.15. The molecule has 0 atom stereocenters. The third-order valence-corrected chi connectivity index (χ3v) is 10.0. The van der Waals surface area contributed by atoms with E-state index < -0.39 is 73.6 Å². The highest BCUT2D eigenvalue weighted by Crippen LogP contribution is 2.35. The van der Waals surface area contributed by atoms with Gasteiger partial charge in [-0.2, -0.15) is 17.9 Å². The molecular weight excluding hydrogens is 760 g/mol. The van der Waals surface area contributed by atoms with Crippen LogP contribution in [0, 0.1) is 11.6 Å². The Morgan fingerprint density at radius 1 is 0.839 bits per heavy atom. The Balaban J connectivity index is 1.34. The molecule has 11 nitrogen and oxygen atoms in total. The standard InChI is InChI=1S/C39H31F5N6O5S/c1-2-3-12-35-47-50(33-22-27(15-16-30(33)39(42,43)44)46-36(51)24-17-19-45-20-18-24)38(53)49(35)23-26-14-13-25(21-32(26)41)28-8-5-7-11-34(28)56(54,55)48-37(52)29-9-4-6-10-31(29)40/h4-11,13-22H,2-3,12,23H2,1H3,(H,46,51)(H,48,52). The van der Waals surface area contributed by atoms with Gasteiger partial charge < -0.3 is 5.32 Å². The van der Waals surface area contributed by atoms with Crippen LogP contribution in [0.15, 0.2) is 119 Å². The van der Waals surface area contributed by atoms with E-state index in [2.05, 4.69) is 15.4 Å². The number of anilines is 1. The molecule has 2 heterocycles. The minimum atomic E-state index is -4.93. The molecule has 0 bridgehead atoms.